The summed E-state index contributed by atoms with van der Waals surface area (Å²) in [5.41, 5.74) is 1.32. The molecule has 0 saturated carbocycles. The van der Waals surface area contributed by atoms with Gasteiger partial charge in [0.15, 0.2) is 18.1 Å². The summed E-state index contributed by atoms with van der Waals surface area (Å²) in [6, 6.07) is 8.44. The molecule has 0 aromatic heterocycles. The van der Waals surface area contributed by atoms with E-state index in [1.807, 2.05) is 12.1 Å². The SMILES string of the molecule is C=CCc1ccc(OCC(=O)Nc2c(Cl)cc(Cl)cc2Cl)c(OC)c1. The quantitative estimate of drug-likeness (QED) is 0.633. The van der Waals surface area contributed by atoms with E-state index in [-0.39, 0.29) is 22.3 Å². The first kappa shape index (κ1) is 19.4. The van der Waals surface area contributed by atoms with Crippen molar-refractivity contribution in [2.75, 3.05) is 19.0 Å². The first-order valence-corrected chi connectivity index (χ1v) is 8.43. The lowest BCUT2D eigenvalue weighted by atomic mass is 10.1. The second-order valence-electron chi connectivity index (χ2n) is 5.06. The molecule has 25 heavy (non-hydrogen) atoms. The van der Waals surface area contributed by atoms with Gasteiger partial charge in [-0.25, -0.2) is 0 Å². The number of benzene rings is 2. The van der Waals surface area contributed by atoms with Crippen LogP contribution in [-0.2, 0) is 11.2 Å². The number of nitrogens with one attached hydrogen (secondary N) is 1. The Morgan fingerprint density at radius 1 is 1.16 bits per heavy atom. The summed E-state index contributed by atoms with van der Waals surface area (Å²) < 4.78 is 10.8. The fourth-order valence-electron chi connectivity index (χ4n) is 2.11. The van der Waals surface area contributed by atoms with Crippen LogP contribution in [0.2, 0.25) is 15.1 Å². The number of amides is 1. The Labute approximate surface area is 161 Å². The third kappa shape index (κ3) is 5.30. The maximum absolute atomic E-state index is 12.1. The van der Waals surface area contributed by atoms with Gasteiger partial charge >= 0.3 is 0 Å². The van der Waals surface area contributed by atoms with Crippen LogP contribution in [-0.4, -0.2) is 19.6 Å². The number of ether oxygens (including phenoxy) is 2. The van der Waals surface area contributed by atoms with Gasteiger partial charge in [-0.1, -0.05) is 46.9 Å². The molecule has 132 valence electrons. The van der Waals surface area contributed by atoms with E-state index in [1.165, 1.54) is 19.2 Å². The number of methoxy groups -OCH3 is 1. The van der Waals surface area contributed by atoms with Crippen molar-refractivity contribution in [3.8, 4) is 11.5 Å². The van der Waals surface area contributed by atoms with Gasteiger partial charge in [-0.3, -0.25) is 4.79 Å². The molecule has 1 amide bonds. The predicted molar refractivity (Wildman–Crippen MR) is 102 cm³/mol. The highest BCUT2D eigenvalue weighted by Crippen LogP contribution is 2.34. The molecule has 2 rings (SSSR count). The van der Waals surface area contributed by atoms with Gasteiger partial charge in [0.1, 0.15) is 0 Å². The van der Waals surface area contributed by atoms with Crippen molar-refractivity contribution < 1.29 is 14.3 Å². The van der Waals surface area contributed by atoms with Gasteiger partial charge in [-0.2, -0.15) is 0 Å². The van der Waals surface area contributed by atoms with Crippen molar-refractivity contribution in [1.29, 1.82) is 0 Å². The molecule has 0 saturated heterocycles. The number of anilines is 1. The van der Waals surface area contributed by atoms with E-state index in [2.05, 4.69) is 11.9 Å². The van der Waals surface area contributed by atoms with E-state index in [0.29, 0.717) is 22.9 Å². The lowest BCUT2D eigenvalue weighted by molar-refractivity contribution is -0.118. The number of halogens is 3. The maximum atomic E-state index is 12.1. The Balaban J connectivity index is 2.04. The van der Waals surface area contributed by atoms with Gasteiger partial charge in [0.2, 0.25) is 0 Å². The number of rotatable bonds is 7. The van der Waals surface area contributed by atoms with Crippen molar-refractivity contribution >= 4 is 46.4 Å². The van der Waals surface area contributed by atoms with E-state index in [1.54, 1.807) is 12.1 Å². The summed E-state index contributed by atoms with van der Waals surface area (Å²) in [5.74, 6) is 0.580. The van der Waals surface area contributed by atoms with E-state index >= 15 is 0 Å². The average Bonchev–Trinajstić information content (AvgIpc) is 2.57. The molecule has 0 bridgehead atoms. The topological polar surface area (TPSA) is 47.6 Å². The lowest BCUT2D eigenvalue weighted by Crippen LogP contribution is -2.20. The number of hydrogen-bond acceptors (Lipinski definition) is 3. The van der Waals surface area contributed by atoms with Crippen molar-refractivity contribution in [2.45, 2.75) is 6.42 Å². The summed E-state index contributed by atoms with van der Waals surface area (Å²) in [4.78, 5) is 12.1. The molecule has 0 aliphatic heterocycles. The second-order valence-corrected chi connectivity index (χ2v) is 6.31. The summed E-state index contributed by atoms with van der Waals surface area (Å²) in [6.07, 6.45) is 2.51. The smallest absolute Gasteiger partial charge is 0.262 e. The van der Waals surface area contributed by atoms with Crippen LogP contribution in [0, 0.1) is 0 Å². The largest absolute Gasteiger partial charge is 0.493 e. The van der Waals surface area contributed by atoms with Crippen LogP contribution in [0.25, 0.3) is 0 Å². The second kappa shape index (κ2) is 8.99. The van der Waals surface area contributed by atoms with Crippen molar-refractivity contribution in [2.24, 2.45) is 0 Å². The normalized spacial score (nSPS) is 10.2. The Morgan fingerprint density at radius 2 is 1.84 bits per heavy atom. The maximum Gasteiger partial charge on any atom is 0.262 e. The summed E-state index contributed by atoms with van der Waals surface area (Å²) in [5, 5.41) is 3.48. The molecule has 1 N–H and O–H groups in total. The lowest BCUT2D eigenvalue weighted by Gasteiger charge is -2.13. The standard InChI is InChI=1S/C18H16Cl3NO3/c1-3-4-11-5-6-15(16(7-11)24-2)25-10-17(23)22-18-13(20)8-12(19)9-14(18)21/h3,5-9H,1,4,10H2,2H3,(H,22,23). The van der Waals surface area contributed by atoms with Crippen molar-refractivity contribution in [3.63, 3.8) is 0 Å². The highest BCUT2D eigenvalue weighted by molar-refractivity contribution is 6.42. The highest BCUT2D eigenvalue weighted by atomic mass is 35.5. The first-order chi connectivity index (χ1) is 11.9. The first-order valence-electron chi connectivity index (χ1n) is 7.29. The molecule has 0 aliphatic rings. The van der Waals surface area contributed by atoms with Crippen LogP contribution in [0.3, 0.4) is 0 Å². The molecule has 2 aromatic rings. The zero-order valence-corrected chi connectivity index (χ0v) is 15.7. The monoisotopic (exact) mass is 399 g/mol. The van der Waals surface area contributed by atoms with E-state index < -0.39 is 5.91 Å². The molecule has 0 heterocycles. The Morgan fingerprint density at radius 3 is 2.44 bits per heavy atom. The molecule has 0 unspecified atom stereocenters. The molecule has 2 aromatic carbocycles. The number of allylic oxidation sites excluding steroid dienone is 1. The number of hydrogen-bond donors (Lipinski definition) is 1. The van der Waals surface area contributed by atoms with E-state index in [4.69, 9.17) is 44.3 Å². The third-order valence-electron chi connectivity index (χ3n) is 3.24. The van der Waals surface area contributed by atoms with Gasteiger partial charge in [0, 0.05) is 5.02 Å². The van der Waals surface area contributed by atoms with Crippen LogP contribution in [0.4, 0.5) is 5.69 Å². The minimum Gasteiger partial charge on any atom is -0.493 e. The number of carbonyl (C=O) groups excluding carboxylic acids is 1. The fraction of sp³-hybridized carbons (Fsp3) is 0.167. The van der Waals surface area contributed by atoms with Crippen LogP contribution in [0.15, 0.2) is 43.0 Å². The predicted octanol–water partition coefficient (Wildman–Crippen LogP) is 5.40. The molecule has 0 radical (unpaired) electrons. The van der Waals surface area contributed by atoms with Crippen LogP contribution < -0.4 is 14.8 Å². The summed E-state index contributed by atoms with van der Waals surface area (Å²) in [6.45, 7) is 3.47. The number of carbonyl (C=O) groups is 1. The van der Waals surface area contributed by atoms with Crippen LogP contribution in [0.1, 0.15) is 5.56 Å². The Kier molecular flexibility index (Phi) is 7.00. The van der Waals surface area contributed by atoms with Gasteiger partial charge < -0.3 is 14.8 Å². The fourth-order valence-corrected chi connectivity index (χ4v) is 3.02. The van der Waals surface area contributed by atoms with Gasteiger partial charge in [0.25, 0.3) is 5.91 Å². The molecule has 0 aliphatic carbocycles. The molecule has 0 fully saturated rings. The zero-order chi connectivity index (χ0) is 18.4. The summed E-state index contributed by atoms with van der Waals surface area (Å²) in [7, 11) is 1.53. The molecular weight excluding hydrogens is 385 g/mol. The molecule has 7 heteroatoms. The van der Waals surface area contributed by atoms with Gasteiger partial charge in [-0.05, 0) is 36.2 Å². The van der Waals surface area contributed by atoms with Crippen LogP contribution in [0.5, 0.6) is 11.5 Å². The zero-order valence-electron chi connectivity index (χ0n) is 13.4. The Bertz CT molecular complexity index is 770. The van der Waals surface area contributed by atoms with E-state index in [0.717, 1.165) is 5.56 Å². The third-order valence-corrected chi connectivity index (χ3v) is 4.05. The minimum absolute atomic E-state index is 0.230. The molecule has 0 atom stereocenters. The van der Waals surface area contributed by atoms with Crippen molar-refractivity contribution in [1.82, 2.24) is 0 Å². The minimum atomic E-state index is -0.414. The average molecular weight is 401 g/mol. The highest BCUT2D eigenvalue weighted by Gasteiger charge is 2.13. The molecular formula is C18H16Cl3NO3. The molecule has 4 nitrogen and oxygen atoms in total. The summed E-state index contributed by atoms with van der Waals surface area (Å²) >= 11 is 17.9. The van der Waals surface area contributed by atoms with Gasteiger partial charge in [0.05, 0.1) is 22.8 Å². The van der Waals surface area contributed by atoms with E-state index in [9.17, 15) is 4.79 Å². The molecule has 0 spiro atoms. The van der Waals surface area contributed by atoms with Crippen molar-refractivity contribution in [3.05, 3.63) is 63.6 Å². The Hall–Kier alpha value is -1.88. The van der Waals surface area contributed by atoms with Gasteiger partial charge in [-0.15, -0.1) is 6.58 Å². The van der Waals surface area contributed by atoms with Crippen LogP contribution >= 0.6 is 34.8 Å².